The van der Waals surface area contributed by atoms with Crippen molar-refractivity contribution in [2.24, 2.45) is 0 Å². The number of ether oxygens (including phenoxy) is 2. The molecule has 3 aromatic rings. The van der Waals surface area contributed by atoms with Gasteiger partial charge in [0.15, 0.2) is 34.8 Å². The second-order valence-electron chi connectivity index (χ2n) is 10.2. The van der Waals surface area contributed by atoms with Crippen molar-refractivity contribution in [3.63, 3.8) is 0 Å². The zero-order chi connectivity index (χ0) is 29.5. The lowest BCUT2D eigenvalue weighted by atomic mass is 9.82. The van der Waals surface area contributed by atoms with Crippen molar-refractivity contribution in [2.45, 2.75) is 71.1 Å². The van der Waals surface area contributed by atoms with Crippen molar-refractivity contribution in [3.05, 3.63) is 99.6 Å². The number of rotatable bonds is 12. The van der Waals surface area contributed by atoms with Gasteiger partial charge in [-0.15, -0.1) is 0 Å². The number of unbranched alkanes of at least 4 members (excludes halogenated alkanes) is 2. The zero-order valence-corrected chi connectivity index (χ0v) is 23.3. The molecule has 0 aliphatic heterocycles. The van der Waals surface area contributed by atoms with Crippen molar-refractivity contribution < 1.29 is 35.8 Å². The molecule has 0 bridgehead atoms. The summed E-state index contributed by atoms with van der Waals surface area (Å²) in [6, 6.07) is 8.59. The molecule has 0 fully saturated rings. The summed E-state index contributed by atoms with van der Waals surface area (Å²) >= 11 is 0. The molecule has 0 saturated carbocycles. The Labute approximate surface area is 237 Å². The maximum Gasteiger partial charge on any atom is 0.200 e. The molecule has 8 heteroatoms. The van der Waals surface area contributed by atoms with Gasteiger partial charge in [-0.2, -0.15) is 8.78 Å². The molecule has 0 spiro atoms. The topological polar surface area (TPSA) is 18.5 Å². The van der Waals surface area contributed by atoms with Gasteiger partial charge in [0.2, 0.25) is 11.6 Å². The van der Waals surface area contributed by atoms with E-state index >= 15 is 8.78 Å². The minimum absolute atomic E-state index is 0.0246. The third kappa shape index (κ3) is 6.91. The second-order valence-corrected chi connectivity index (χ2v) is 10.2. The van der Waals surface area contributed by atoms with E-state index < -0.39 is 34.9 Å². The number of hydrogen-bond donors (Lipinski definition) is 0. The third-order valence-electron chi connectivity index (χ3n) is 7.53. The Balaban J connectivity index is 1.42. The van der Waals surface area contributed by atoms with Gasteiger partial charge < -0.3 is 9.47 Å². The Hall–Kier alpha value is -3.42. The minimum Gasteiger partial charge on any atom is -0.491 e. The molecule has 1 aliphatic rings. The molecule has 3 aromatic carbocycles. The molecule has 1 aliphatic carbocycles. The Kier molecular flexibility index (Phi) is 10.4. The van der Waals surface area contributed by atoms with Crippen molar-refractivity contribution >= 4 is 5.57 Å². The molecule has 0 amide bonds. The maximum atomic E-state index is 15.1. The Morgan fingerprint density at radius 1 is 0.683 bits per heavy atom. The molecule has 1 unspecified atom stereocenters. The van der Waals surface area contributed by atoms with E-state index in [1.54, 1.807) is 13.0 Å². The predicted octanol–water partition coefficient (Wildman–Crippen LogP) is 9.63. The minimum atomic E-state index is -1.09. The fraction of sp³-hybridized carbons (Fsp3) is 0.394. The van der Waals surface area contributed by atoms with Gasteiger partial charge in [0.25, 0.3) is 0 Å². The third-order valence-corrected chi connectivity index (χ3v) is 7.53. The van der Waals surface area contributed by atoms with E-state index in [0.717, 1.165) is 19.3 Å². The summed E-state index contributed by atoms with van der Waals surface area (Å²) in [5, 5.41) is 0. The van der Waals surface area contributed by atoms with Gasteiger partial charge in [-0.1, -0.05) is 50.1 Å². The predicted molar refractivity (Wildman–Crippen MR) is 147 cm³/mol. The quantitative estimate of drug-likeness (QED) is 0.158. The van der Waals surface area contributed by atoms with Crippen LogP contribution in [0.25, 0.3) is 5.57 Å². The molecule has 220 valence electrons. The van der Waals surface area contributed by atoms with Gasteiger partial charge in [-0.25, -0.2) is 17.6 Å². The van der Waals surface area contributed by atoms with Gasteiger partial charge in [-0.05, 0) is 85.8 Å². The number of allylic oxidation sites excluding steroid dienone is 2. The van der Waals surface area contributed by atoms with Crippen LogP contribution in [-0.4, -0.2) is 13.2 Å². The van der Waals surface area contributed by atoms with Crippen LogP contribution in [-0.2, 0) is 12.8 Å². The Morgan fingerprint density at radius 2 is 1.32 bits per heavy atom. The van der Waals surface area contributed by atoms with Crippen LogP contribution in [0.5, 0.6) is 11.5 Å². The van der Waals surface area contributed by atoms with Crippen LogP contribution in [0.15, 0.2) is 42.5 Å². The van der Waals surface area contributed by atoms with Gasteiger partial charge in [0.1, 0.15) is 0 Å². The van der Waals surface area contributed by atoms with Crippen LogP contribution in [0.3, 0.4) is 0 Å². The first-order chi connectivity index (χ1) is 19.8. The molecular formula is C33H34F6O2. The summed E-state index contributed by atoms with van der Waals surface area (Å²) < 4.78 is 98.6. The molecular weight excluding hydrogens is 542 g/mol. The molecule has 1 atom stereocenters. The summed E-state index contributed by atoms with van der Waals surface area (Å²) in [4.78, 5) is 0. The van der Waals surface area contributed by atoms with Gasteiger partial charge in [-0.3, -0.25) is 0 Å². The monoisotopic (exact) mass is 576 g/mol. The van der Waals surface area contributed by atoms with Crippen LogP contribution in [0.4, 0.5) is 26.3 Å². The molecule has 0 N–H and O–H groups in total. The molecule has 2 nitrogen and oxygen atoms in total. The SMILES string of the molecule is CCCCCOc1ccc(CCc2ccc(C3=CCC(c4ccc(OCC)c(F)c4F)CC3)c(F)c2F)c(F)c1F. The summed E-state index contributed by atoms with van der Waals surface area (Å²) in [5.41, 5.74) is 1.00. The molecule has 0 saturated heterocycles. The first-order valence-corrected chi connectivity index (χ1v) is 14.1. The van der Waals surface area contributed by atoms with Crippen molar-refractivity contribution in [2.75, 3.05) is 13.2 Å². The van der Waals surface area contributed by atoms with E-state index in [1.165, 1.54) is 36.4 Å². The molecule has 0 radical (unpaired) electrons. The largest absolute Gasteiger partial charge is 0.491 e. The number of hydrogen-bond acceptors (Lipinski definition) is 2. The maximum absolute atomic E-state index is 15.1. The highest BCUT2D eigenvalue weighted by molar-refractivity contribution is 5.67. The normalized spacial score (nSPS) is 15.1. The van der Waals surface area contributed by atoms with E-state index in [1.807, 2.05) is 6.92 Å². The first kappa shape index (κ1) is 30.5. The average Bonchev–Trinajstić information content (AvgIpc) is 2.97. The molecule has 0 aromatic heterocycles. The highest BCUT2D eigenvalue weighted by atomic mass is 19.2. The van der Waals surface area contributed by atoms with E-state index in [-0.39, 0.29) is 65.7 Å². The lowest BCUT2D eigenvalue weighted by Crippen LogP contribution is -2.10. The number of aryl methyl sites for hydroxylation is 2. The highest BCUT2D eigenvalue weighted by Gasteiger charge is 2.25. The Bertz CT molecular complexity index is 1400. The van der Waals surface area contributed by atoms with E-state index in [4.69, 9.17) is 9.47 Å². The van der Waals surface area contributed by atoms with Crippen LogP contribution in [0.1, 0.15) is 80.5 Å². The smallest absolute Gasteiger partial charge is 0.200 e. The first-order valence-electron chi connectivity index (χ1n) is 14.1. The standard InChI is InChI=1S/C33H34F6O2/c1-3-5-6-19-41-27-17-14-23(29(35)32(27)38)12-11-22-13-15-24(30(36)28(22)34)20-7-9-21(10-8-20)25-16-18-26(40-4-2)33(39)31(25)37/h7,13-18,21H,3-6,8-12,19H2,1-2H3. The summed E-state index contributed by atoms with van der Waals surface area (Å²) in [6.07, 6.45) is 5.43. The Morgan fingerprint density at radius 3 is 1.98 bits per heavy atom. The fourth-order valence-corrected chi connectivity index (χ4v) is 5.20. The molecule has 41 heavy (non-hydrogen) atoms. The number of halogens is 6. The van der Waals surface area contributed by atoms with Crippen molar-refractivity contribution in [3.8, 4) is 11.5 Å². The van der Waals surface area contributed by atoms with Gasteiger partial charge in [0, 0.05) is 5.56 Å². The summed E-state index contributed by atoms with van der Waals surface area (Å²) in [6.45, 7) is 4.20. The van der Waals surface area contributed by atoms with Crippen molar-refractivity contribution in [1.82, 2.24) is 0 Å². The van der Waals surface area contributed by atoms with Gasteiger partial charge in [0.05, 0.1) is 13.2 Å². The van der Waals surface area contributed by atoms with Crippen LogP contribution in [0, 0.1) is 34.9 Å². The fourth-order valence-electron chi connectivity index (χ4n) is 5.20. The highest BCUT2D eigenvalue weighted by Crippen LogP contribution is 2.39. The van der Waals surface area contributed by atoms with Crippen LogP contribution in [0.2, 0.25) is 0 Å². The van der Waals surface area contributed by atoms with Gasteiger partial charge >= 0.3 is 0 Å². The van der Waals surface area contributed by atoms with E-state index in [2.05, 4.69) is 0 Å². The molecule has 4 rings (SSSR count). The lowest BCUT2D eigenvalue weighted by Gasteiger charge is -2.24. The molecule has 0 heterocycles. The number of benzene rings is 3. The zero-order valence-electron chi connectivity index (χ0n) is 23.3. The van der Waals surface area contributed by atoms with E-state index in [9.17, 15) is 17.6 Å². The second kappa shape index (κ2) is 14.0. The van der Waals surface area contributed by atoms with Crippen molar-refractivity contribution in [1.29, 1.82) is 0 Å². The van der Waals surface area contributed by atoms with Crippen LogP contribution >= 0.6 is 0 Å². The van der Waals surface area contributed by atoms with Crippen LogP contribution < -0.4 is 9.47 Å². The van der Waals surface area contributed by atoms with E-state index in [0.29, 0.717) is 24.8 Å². The summed E-state index contributed by atoms with van der Waals surface area (Å²) in [5.74, 6) is -6.80. The average molecular weight is 577 g/mol. The lowest BCUT2D eigenvalue weighted by molar-refractivity contribution is 0.285. The summed E-state index contributed by atoms with van der Waals surface area (Å²) in [7, 11) is 0.